The smallest absolute Gasteiger partial charge is 0.119 e. The minimum Gasteiger partial charge on any atom is -0.497 e. The Morgan fingerprint density at radius 2 is 1.95 bits per heavy atom. The van der Waals surface area contributed by atoms with Gasteiger partial charge in [0, 0.05) is 6.54 Å². The van der Waals surface area contributed by atoms with Gasteiger partial charge in [0.15, 0.2) is 0 Å². The van der Waals surface area contributed by atoms with Crippen molar-refractivity contribution in [3.8, 4) is 5.75 Å². The lowest BCUT2D eigenvalue weighted by atomic mass is 9.66. The van der Waals surface area contributed by atoms with Crippen LogP contribution in [-0.2, 0) is 6.42 Å². The number of ether oxygens (including phenoxy) is 1. The van der Waals surface area contributed by atoms with Crippen molar-refractivity contribution in [2.45, 2.75) is 44.9 Å². The molecule has 2 heteroatoms. The molecule has 0 saturated heterocycles. The van der Waals surface area contributed by atoms with Crippen LogP contribution in [0.2, 0.25) is 0 Å². The lowest BCUT2D eigenvalue weighted by molar-refractivity contribution is 0.366. The molecule has 0 heterocycles. The van der Waals surface area contributed by atoms with E-state index in [1.165, 1.54) is 49.7 Å². The third-order valence-electron chi connectivity index (χ3n) is 5.53. The van der Waals surface area contributed by atoms with Gasteiger partial charge in [-0.05, 0) is 80.4 Å². The molecule has 0 N–H and O–H groups in total. The van der Waals surface area contributed by atoms with E-state index in [1.54, 1.807) is 12.7 Å². The first-order valence-corrected chi connectivity index (χ1v) is 8.67. The Morgan fingerprint density at radius 1 is 1.18 bits per heavy atom. The van der Waals surface area contributed by atoms with Gasteiger partial charge in [0.2, 0.25) is 0 Å². The molecule has 0 radical (unpaired) electrons. The molecule has 0 atom stereocenters. The van der Waals surface area contributed by atoms with Crippen molar-refractivity contribution in [3.63, 3.8) is 0 Å². The van der Waals surface area contributed by atoms with Crippen LogP contribution < -0.4 is 4.74 Å². The zero-order valence-electron chi connectivity index (χ0n) is 14.3. The molecule has 3 rings (SSSR count). The number of aryl methyl sites for hydroxylation is 1. The van der Waals surface area contributed by atoms with E-state index in [1.807, 2.05) is 0 Å². The van der Waals surface area contributed by atoms with E-state index in [-0.39, 0.29) is 0 Å². The van der Waals surface area contributed by atoms with Crippen LogP contribution in [0.25, 0.3) is 5.57 Å². The number of fused-ring (bicyclic) bond motifs is 1. The van der Waals surface area contributed by atoms with Gasteiger partial charge < -0.3 is 9.64 Å². The van der Waals surface area contributed by atoms with E-state index in [2.05, 4.69) is 43.3 Å². The molecule has 2 aliphatic rings. The Bertz CT molecular complexity index is 553. The van der Waals surface area contributed by atoms with Crippen LogP contribution >= 0.6 is 0 Å². The molecule has 1 saturated carbocycles. The van der Waals surface area contributed by atoms with E-state index in [4.69, 9.17) is 4.74 Å². The average molecular weight is 299 g/mol. The molecule has 22 heavy (non-hydrogen) atoms. The molecule has 1 aromatic rings. The maximum atomic E-state index is 5.42. The van der Waals surface area contributed by atoms with Gasteiger partial charge in [0.25, 0.3) is 0 Å². The van der Waals surface area contributed by atoms with Gasteiger partial charge in [0.1, 0.15) is 5.75 Å². The van der Waals surface area contributed by atoms with Gasteiger partial charge in [-0.2, -0.15) is 0 Å². The molecule has 1 fully saturated rings. The number of nitrogens with zero attached hydrogens (tertiary/aromatic N) is 1. The number of hydrogen-bond acceptors (Lipinski definition) is 2. The van der Waals surface area contributed by atoms with Crippen molar-refractivity contribution in [1.82, 2.24) is 4.90 Å². The van der Waals surface area contributed by atoms with Gasteiger partial charge in [-0.1, -0.05) is 25.0 Å². The van der Waals surface area contributed by atoms with Crippen LogP contribution in [0.1, 0.15) is 49.7 Å². The fourth-order valence-corrected chi connectivity index (χ4v) is 4.33. The van der Waals surface area contributed by atoms with Crippen molar-refractivity contribution in [2.75, 3.05) is 27.7 Å². The molecule has 120 valence electrons. The van der Waals surface area contributed by atoms with Crippen molar-refractivity contribution < 1.29 is 4.74 Å². The predicted molar refractivity (Wildman–Crippen MR) is 93.4 cm³/mol. The molecule has 0 aliphatic heterocycles. The minimum absolute atomic E-state index is 0.466. The number of hydrogen-bond donors (Lipinski definition) is 0. The second-order valence-electron chi connectivity index (χ2n) is 7.22. The second kappa shape index (κ2) is 6.45. The standard InChI is InChI=1S/C20H29NO/c1-21(2)14-6-7-19-18-9-8-17(22-3)15-16(18)10-13-20(19)11-4-5-12-20/h7-9,15H,4-6,10-14H2,1-3H3. The fourth-order valence-electron chi connectivity index (χ4n) is 4.33. The van der Waals surface area contributed by atoms with E-state index in [0.29, 0.717) is 5.41 Å². The second-order valence-corrected chi connectivity index (χ2v) is 7.22. The maximum Gasteiger partial charge on any atom is 0.119 e. The Kier molecular flexibility index (Phi) is 4.58. The third kappa shape index (κ3) is 2.94. The lowest BCUT2D eigenvalue weighted by Crippen LogP contribution is -2.25. The number of allylic oxidation sites excluding steroid dienone is 1. The molecule has 2 nitrogen and oxygen atoms in total. The van der Waals surface area contributed by atoms with Gasteiger partial charge in [-0.15, -0.1) is 0 Å². The largest absolute Gasteiger partial charge is 0.497 e. The van der Waals surface area contributed by atoms with Crippen molar-refractivity contribution >= 4 is 5.57 Å². The molecule has 1 spiro atoms. The van der Waals surface area contributed by atoms with Crippen molar-refractivity contribution in [2.24, 2.45) is 5.41 Å². The minimum atomic E-state index is 0.466. The molecule has 0 aromatic heterocycles. The summed E-state index contributed by atoms with van der Waals surface area (Å²) in [5.74, 6) is 0.994. The average Bonchev–Trinajstić information content (AvgIpc) is 2.98. The van der Waals surface area contributed by atoms with Crippen LogP contribution in [0.5, 0.6) is 5.75 Å². The number of methoxy groups -OCH3 is 1. The van der Waals surface area contributed by atoms with Crippen LogP contribution in [0.15, 0.2) is 24.3 Å². The summed E-state index contributed by atoms with van der Waals surface area (Å²) in [6.45, 7) is 1.13. The van der Waals surface area contributed by atoms with Gasteiger partial charge in [0.05, 0.1) is 7.11 Å². The zero-order chi connectivity index (χ0) is 15.6. The summed E-state index contributed by atoms with van der Waals surface area (Å²) in [7, 11) is 6.07. The fraction of sp³-hybridized carbons (Fsp3) is 0.600. The highest BCUT2D eigenvalue weighted by Crippen LogP contribution is 2.55. The summed E-state index contributed by atoms with van der Waals surface area (Å²) in [4.78, 5) is 2.27. The number of rotatable bonds is 4. The quantitative estimate of drug-likeness (QED) is 0.809. The highest BCUT2D eigenvalue weighted by Gasteiger charge is 2.40. The molecule has 0 unspecified atom stereocenters. The predicted octanol–water partition coefficient (Wildman–Crippen LogP) is 4.54. The maximum absolute atomic E-state index is 5.42. The van der Waals surface area contributed by atoms with E-state index < -0.39 is 0 Å². The lowest BCUT2D eigenvalue weighted by Gasteiger charge is -2.38. The molecular formula is C20H29NO. The Labute approximate surface area is 135 Å². The highest BCUT2D eigenvalue weighted by molar-refractivity contribution is 5.75. The molecule has 2 aliphatic carbocycles. The molecule has 0 bridgehead atoms. The normalized spacial score (nSPS) is 21.5. The SMILES string of the molecule is COc1ccc2c(c1)CCC1(CCCC1)C2=CCCN(C)C. The summed E-state index contributed by atoms with van der Waals surface area (Å²) in [5.41, 5.74) is 5.07. The first-order chi connectivity index (χ1) is 10.6. The van der Waals surface area contributed by atoms with E-state index in [9.17, 15) is 0 Å². The Balaban J connectivity index is 1.96. The van der Waals surface area contributed by atoms with Crippen molar-refractivity contribution in [3.05, 3.63) is 35.4 Å². The Morgan fingerprint density at radius 3 is 2.64 bits per heavy atom. The first kappa shape index (κ1) is 15.6. The topological polar surface area (TPSA) is 12.5 Å². The summed E-state index contributed by atoms with van der Waals surface area (Å²) < 4.78 is 5.42. The first-order valence-electron chi connectivity index (χ1n) is 8.67. The molecule has 0 amide bonds. The van der Waals surface area contributed by atoms with Gasteiger partial charge in [-0.3, -0.25) is 0 Å². The summed E-state index contributed by atoms with van der Waals surface area (Å²) in [6, 6.07) is 6.68. The summed E-state index contributed by atoms with van der Waals surface area (Å²) in [5, 5.41) is 0. The van der Waals surface area contributed by atoms with Gasteiger partial charge in [-0.25, -0.2) is 0 Å². The third-order valence-corrected chi connectivity index (χ3v) is 5.53. The highest BCUT2D eigenvalue weighted by atomic mass is 16.5. The van der Waals surface area contributed by atoms with E-state index in [0.717, 1.165) is 18.7 Å². The van der Waals surface area contributed by atoms with Crippen LogP contribution in [0.3, 0.4) is 0 Å². The summed E-state index contributed by atoms with van der Waals surface area (Å²) >= 11 is 0. The zero-order valence-corrected chi connectivity index (χ0v) is 14.3. The molecular weight excluding hydrogens is 270 g/mol. The van der Waals surface area contributed by atoms with Gasteiger partial charge >= 0.3 is 0 Å². The summed E-state index contributed by atoms with van der Waals surface area (Å²) in [6.07, 6.45) is 11.8. The number of benzene rings is 1. The van der Waals surface area contributed by atoms with Crippen LogP contribution in [-0.4, -0.2) is 32.6 Å². The Hall–Kier alpha value is -1.28. The van der Waals surface area contributed by atoms with Crippen LogP contribution in [0.4, 0.5) is 0 Å². The molecule has 1 aromatic carbocycles. The monoisotopic (exact) mass is 299 g/mol. The van der Waals surface area contributed by atoms with Crippen LogP contribution in [0, 0.1) is 5.41 Å². The van der Waals surface area contributed by atoms with E-state index >= 15 is 0 Å². The van der Waals surface area contributed by atoms with Crippen molar-refractivity contribution in [1.29, 1.82) is 0 Å².